The Bertz CT molecular complexity index is 366. The molecule has 0 aliphatic rings. The first-order valence-electron chi connectivity index (χ1n) is 4.64. The highest BCUT2D eigenvalue weighted by molar-refractivity contribution is 5.41. The third kappa shape index (κ3) is 3.62. The van der Waals surface area contributed by atoms with Gasteiger partial charge in [0.15, 0.2) is 11.5 Å². The van der Waals surface area contributed by atoms with E-state index in [1.54, 1.807) is 0 Å². The SMILES string of the molecule is N[C@H](CCC(F)(F)F)c1ccc(O)c(O)c1. The fraction of sp³-hybridized carbons (Fsp3) is 0.400. The van der Waals surface area contributed by atoms with E-state index in [4.69, 9.17) is 15.9 Å². The van der Waals surface area contributed by atoms with Gasteiger partial charge in [-0.25, -0.2) is 0 Å². The molecule has 0 bridgehead atoms. The standard InChI is InChI=1S/C10H12F3NO2/c11-10(12,13)4-3-7(14)6-1-2-8(15)9(16)5-6/h1-2,5,7,15-16H,3-4,14H2/t7-/m1/s1. The average molecular weight is 235 g/mol. The summed E-state index contributed by atoms with van der Waals surface area (Å²) in [4.78, 5) is 0. The van der Waals surface area contributed by atoms with Crippen molar-refractivity contribution in [2.24, 2.45) is 5.73 Å². The fourth-order valence-electron chi connectivity index (χ4n) is 1.26. The molecule has 1 rings (SSSR count). The molecule has 0 unspecified atom stereocenters. The summed E-state index contributed by atoms with van der Waals surface area (Å²) in [5.74, 6) is -0.716. The molecule has 3 nitrogen and oxygen atoms in total. The van der Waals surface area contributed by atoms with Gasteiger partial charge in [0.25, 0.3) is 0 Å². The molecule has 0 heterocycles. The van der Waals surface area contributed by atoms with E-state index in [0.717, 1.165) is 6.07 Å². The maximum atomic E-state index is 11.9. The van der Waals surface area contributed by atoms with Gasteiger partial charge in [0.2, 0.25) is 0 Å². The second-order valence-corrected chi connectivity index (χ2v) is 3.51. The van der Waals surface area contributed by atoms with Gasteiger partial charge in [-0.1, -0.05) is 6.07 Å². The number of nitrogens with two attached hydrogens (primary N) is 1. The van der Waals surface area contributed by atoms with E-state index in [1.807, 2.05) is 0 Å². The third-order valence-electron chi connectivity index (χ3n) is 2.17. The number of rotatable bonds is 3. The molecule has 1 aromatic rings. The molecule has 4 N–H and O–H groups in total. The lowest BCUT2D eigenvalue weighted by Gasteiger charge is -2.14. The van der Waals surface area contributed by atoms with Crippen LogP contribution in [0.15, 0.2) is 18.2 Å². The van der Waals surface area contributed by atoms with Crippen molar-refractivity contribution in [1.82, 2.24) is 0 Å². The quantitative estimate of drug-likeness (QED) is 0.705. The van der Waals surface area contributed by atoms with Crippen LogP contribution in [0.3, 0.4) is 0 Å². The molecule has 0 fully saturated rings. The summed E-state index contributed by atoms with van der Waals surface area (Å²) < 4.78 is 35.8. The van der Waals surface area contributed by atoms with Crippen molar-refractivity contribution in [2.75, 3.05) is 0 Å². The molecular weight excluding hydrogens is 223 g/mol. The second kappa shape index (κ2) is 4.61. The highest BCUT2D eigenvalue weighted by Crippen LogP contribution is 2.30. The number of benzene rings is 1. The molecule has 0 radical (unpaired) electrons. The lowest BCUT2D eigenvalue weighted by atomic mass is 10.0. The molecule has 0 spiro atoms. The second-order valence-electron chi connectivity index (χ2n) is 3.51. The fourth-order valence-corrected chi connectivity index (χ4v) is 1.26. The lowest BCUT2D eigenvalue weighted by molar-refractivity contribution is -0.136. The Kier molecular flexibility index (Phi) is 3.64. The minimum atomic E-state index is -4.24. The number of aromatic hydroxyl groups is 2. The summed E-state index contributed by atoms with van der Waals surface area (Å²) in [5, 5.41) is 18.2. The first kappa shape index (κ1) is 12.6. The number of alkyl halides is 3. The average Bonchev–Trinajstić information content (AvgIpc) is 2.17. The third-order valence-corrected chi connectivity index (χ3v) is 2.17. The van der Waals surface area contributed by atoms with E-state index in [9.17, 15) is 13.2 Å². The van der Waals surface area contributed by atoms with Crippen LogP contribution < -0.4 is 5.73 Å². The van der Waals surface area contributed by atoms with Crippen molar-refractivity contribution in [2.45, 2.75) is 25.1 Å². The Morgan fingerprint density at radius 3 is 2.31 bits per heavy atom. The smallest absolute Gasteiger partial charge is 0.389 e. The van der Waals surface area contributed by atoms with E-state index in [1.165, 1.54) is 12.1 Å². The molecule has 0 saturated heterocycles. The van der Waals surface area contributed by atoms with Gasteiger partial charge in [-0.2, -0.15) is 13.2 Å². The van der Waals surface area contributed by atoms with Gasteiger partial charge < -0.3 is 15.9 Å². The lowest BCUT2D eigenvalue weighted by Crippen LogP contribution is -2.15. The van der Waals surface area contributed by atoms with Crippen molar-refractivity contribution in [3.63, 3.8) is 0 Å². The topological polar surface area (TPSA) is 66.5 Å². The first-order chi connectivity index (χ1) is 7.29. The van der Waals surface area contributed by atoms with Crippen LogP contribution in [-0.4, -0.2) is 16.4 Å². The highest BCUT2D eigenvalue weighted by atomic mass is 19.4. The Morgan fingerprint density at radius 1 is 1.19 bits per heavy atom. The van der Waals surface area contributed by atoms with Gasteiger partial charge in [-0.15, -0.1) is 0 Å². The maximum absolute atomic E-state index is 11.9. The van der Waals surface area contributed by atoms with Gasteiger partial charge in [-0.3, -0.25) is 0 Å². The van der Waals surface area contributed by atoms with Crippen molar-refractivity contribution >= 4 is 0 Å². The van der Waals surface area contributed by atoms with Gasteiger partial charge in [0.05, 0.1) is 0 Å². The molecule has 0 aliphatic heterocycles. The van der Waals surface area contributed by atoms with Gasteiger partial charge in [0, 0.05) is 12.5 Å². The normalized spacial score (nSPS) is 13.8. The summed E-state index contributed by atoms with van der Waals surface area (Å²) in [6, 6.07) is 2.93. The van der Waals surface area contributed by atoms with Gasteiger partial charge >= 0.3 is 6.18 Å². The molecule has 1 aromatic carbocycles. The van der Waals surface area contributed by atoms with Crippen molar-refractivity contribution in [1.29, 1.82) is 0 Å². The van der Waals surface area contributed by atoms with Crippen molar-refractivity contribution in [3.8, 4) is 11.5 Å². The van der Waals surface area contributed by atoms with Crippen LogP contribution in [-0.2, 0) is 0 Å². The zero-order chi connectivity index (χ0) is 12.3. The van der Waals surface area contributed by atoms with Crippen LogP contribution in [0.2, 0.25) is 0 Å². The zero-order valence-electron chi connectivity index (χ0n) is 8.33. The van der Waals surface area contributed by atoms with Crippen LogP contribution in [0, 0.1) is 0 Å². The number of phenolic OH excluding ortho intramolecular Hbond substituents is 2. The van der Waals surface area contributed by atoms with Crippen LogP contribution in [0.5, 0.6) is 11.5 Å². The summed E-state index contributed by atoms with van der Waals surface area (Å²) in [7, 11) is 0. The van der Waals surface area contributed by atoms with Gasteiger partial charge in [-0.05, 0) is 24.1 Å². The molecule has 0 aromatic heterocycles. The van der Waals surface area contributed by atoms with E-state index in [2.05, 4.69) is 0 Å². The Morgan fingerprint density at radius 2 is 1.81 bits per heavy atom. The zero-order valence-corrected chi connectivity index (χ0v) is 8.33. The molecule has 0 aliphatic carbocycles. The van der Waals surface area contributed by atoms with E-state index < -0.39 is 18.6 Å². The van der Waals surface area contributed by atoms with Crippen molar-refractivity contribution in [3.05, 3.63) is 23.8 Å². The van der Waals surface area contributed by atoms with Crippen LogP contribution in [0.25, 0.3) is 0 Å². The Balaban J connectivity index is 2.66. The monoisotopic (exact) mass is 235 g/mol. The minimum Gasteiger partial charge on any atom is -0.504 e. The number of hydrogen-bond acceptors (Lipinski definition) is 3. The highest BCUT2D eigenvalue weighted by Gasteiger charge is 2.27. The molecular formula is C10H12F3NO2. The van der Waals surface area contributed by atoms with Crippen LogP contribution >= 0.6 is 0 Å². The molecule has 1 atom stereocenters. The maximum Gasteiger partial charge on any atom is 0.389 e. The Labute approximate surface area is 90.3 Å². The predicted octanol–water partition coefficient (Wildman–Crippen LogP) is 2.44. The minimum absolute atomic E-state index is 0.256. The number of hydrogen-bond donors (Lipinski definition) is 3. The molecule has 0 amide bonds. The van der Waals surface area contributed by atoms with E-state index in [-0.39, 0.29) is 17.9 Å². The molecule has 0 saturated carbocycles. The van der Waals surface area contributed by atoms with Crippen LogP contribution in [0.4, 0.5) is 13.2 Å². The predicted molar refractivity (Wildman–Crippen MR) is 52.0 cm³/mol. The number of phenols is 2. The summed E-state index contributed by atoms with van der Waals surface area (Å²) in [6.45, 7) is 0. The number of halogens is 3. The largest absolute Gasteiger partial charge is 0.504 e. The molecule has 16 heavy (non-hydrogen) atoms. The van der Waals surface area contributed by atoms with Crippen LogP contribution in [0.1, 0.15) is 24.4 Å². The molecule has 6 heteroatoms. The first-order valence-corrected chi connectivity index (χ1v) is 4.64. The van der Waals surface area contributed by atoms with Crippen molar-refractivity contribution < 1.29 is 23.4 Å². The summed E-state index contributed by atoms with van der Waals surface area (Å²) in [5.41, 5.74) is 5.89. The summed E-state index contributed by atoms with van der Waals surface area (Å²) in [6.07, 6.45) is -5.47. The van der Waals surface area contributed by atoms with E-state index >= 15 is 0 Å². The molecule has 90 valence electrons. The van der Waals surface area contributed by atoms with E-state index in [0.29, 0.717) is 5.56 Å². The summed E-state index contributed by atoms with van der Waals surface area (Å²) >= 11 is 0. The Hall–Kier alpha value is -1.43. The van der Waals surface area contributed by atoms with Gasteiger partial charge in [0.1, 0.15) is 0 Å².